The molecule has 4 heterocycles. The van der Waals surface area contributed by atoms with Gasteiger partial charge in [-0.3, -0.25) is 0 Å². The average molecular weight is 822 g/mol. The predicted octanol–water partition coefficient (Wildman–Crippen LogP) is 15.1. The molecule has 9 aromatic carbocycles. The lowest BCUT2D eigenvalue weighted by Crippen LogP contribution is -2.01. The van der Waals surface area contributed by atoms with Gasteiger partial charge in [-0.05, 0) is 71.8 Å². The molecule has 0 saturated carbocycles. The van der Waals surface area contributed by atoms with Crippen LogP contribution in [0.5, 0.6) is 0 Å². The molecule has 0 amide bonds. The summed E-state index contributed by atoms with van der Waals surface area (Å²) in [5, 5.41) is 7.19. The molecule has 5 nitrogen and oxygen atoms in total. The second kappa shape index (κ2) is 14.2. The normalized spacial score (nSPS) is 11.8. The highest BCUT2D eigenvalue weighted by molar-refractivity contribution is 7.26. The number of aromatic nitrogens is 5. The summed E-state index contributed by atoms with van der Waals surface area (Å²) in [5.74, 6) is 1.93. The Morgan fingerprint density at radius 3 is 1.59 bits per heavy atom. The summed E-state index contributed by atoms with van der Waals surface area (Å²) in [6, 6.07) is 75.6. The lowest BCUT2D eigenvalue weighted by Gasteiger charge is -2.14. The number of rotatable bonds is 6. The van der Waals surface area contributed by atoms with E-state index in [1.54, 1.807) is 0 Å². The van der Waals surface area contributed by atoms with Crippen molar-refractivity contribution in [1.82, 2.24) is 24.1 Å². The van der Waals surface area contributed by atoms with Gasteiger partial charge in [0.05, 0.1) is 32.5 Å². The van der Waals surface area contributed by atoms with Crippen molar-refractivity contribution in [2.24, 2.45) is 0 Å². The number of nitrogens with zero attached hydrogens (tertiary/aromatic N) is 5. The Bertz CT molecular complexity index is 3830. The maximum absolute atomic E-state index is 5.23. The molecule has 0 fully saturated rings. The topological polar surface area (TPSA) is 48.5 Å². The van der Waals surface area contributed by atoms with E-state index in [-0.39, 0.29) is 0 Å². The number of benzene rings is 9. The van der Waals surface area contributed by atoms with Gasteiger partial charge in [0.2, 0.25) is 0 Å². The van der Waals surface area contributed by atoms with Gasteiger partial charge in [-0.15, -0.1) is 11.3 Å². The minimum absolute atomic E-state index is 0.644. The van der Waals surface area contributed by atoms with E-state index >= 15 is 0 Å². The SMILES string of the molecule is c1ccc(-c2ccc3c(c2)c2cc4c5ccccc5n(-c5ccccc5)c4cc2n3-c2ccc(-c3nc(-c4ccccc4)nc(-c4ccccc4)n3)c3c2sc2ccccc23)cc1. The average Bonchev–Trinajstić information content (AvgIpc) is 4.01. The zero-order valence-electron chi connectivity index (χ0n) is 33.9. The summed E-state index contributed by atoms with van der Waals surface area (Å²) in [6.45, 7) is 0. The Morgan fingerprint density at radius 1 is 0.333 bits per heavy atom. The fraction of sp³-hybridized carbons (Fsp3) is 0. The first kappa shape index (κ1) is 35.6. The zero-order chi connectivity index (χ0) is 41.4. The molecule has 0 radical (unpaired) electrons. The van der Waals surface area contributed by atoms with Crippen LogP contribution < -0.4 is 0 Å². The smallest absolute Gasteiger partial charge is 0.164 e. The van der Waals surface area contributed by atoms with E-state index in [0.29, 0.717) is 17.5 Å². The summed E-state index contributed by atoms with van der Waals surface area (Å²) >= 11 is 1.82. The minimum Gasteiger partial charge on any atom is -0.309 e. The fourth-order valence-electron chi connectivity index (χ4n) is 9.51. The quantitative estimate of drug-likeness (QED) is 0.168. The summed E-state index contributed by atoms with van der Waals surface area (Å²) < 4.78 is 7.28. The van der Waals surface area contributed by atoms with Gasteiger partial charge in [-0.2, -0.15) is 0 Å². The van der Waals surface area contributed by atoms with Crippen LogP contribution in [0.3, 0.4) is 0 Å². The second-order valence-corrected chi connectivity index (χ2v) is 17.0. The zero-order valence-corrected chi connectivity index (χ0v) is 34.7. The highest BCUT2D eigenvalue weighted by Crippen LogP contribution is 2.46. The van der Waals surface area contributed by atoms with E-state index in [9.17, 15) is 0 Å². The molecule has 4 aromatic heterocycles. The lowest BCUT2D eigenvalue weighted by molar-refractivity contribution is 1.08. The van der Waals surface area contributed by atoms with Gasteiger partial charge in [0, 0.05) is 59.4 Å². The fourth-order valence-corrected chi connectivity index (χ4v) is 10.7. The molecule has 0 atom stereocenters. The molecule has 294 valence electrons. The van der Waals surface area contributed by atoms with Gasteiger partial charge < -0.3 is 9.13 Å². The molecule has 0 N–H and O–H groups in total. The maximum Gasteiger partial charge on any atom is 0.164 e. The maximum atomic E-state index is 5.23. The van der Waals surface area contributed by atoms with Gasteiger partial charge in [-0.1, -0.05) is 152 Å². The molecular formula is C57H35N5S. The van der Waals surface area contributed by atoms with Gasteiger partial charge in [-0.25, -0.2) is 15.0 Å². The molecule has 0 aliphatic heterocycles. The second-order valence-electron chi connectivity index (χ2n) is 16.0. The third-order valence-electron chi connectivity index (χ3n) is 12.4. The van der Waals surface area contributed by atoms with E-state index in [1.165, 1.54) is 58.5 Å². The van der Waals surface area contributed by atoms with Crippen LogP contribution in [0, 0.1) is 0 Å². The molecule has 0 aliphatic carbocycles. The van der Waals surface area contributed by atoms with Crippen molar-refractivity contribution in [3.63, 3.8) is 0 Å². The summed E-state index contributed by atoms with van der Waals surface area (Å²) in [5.41, 5.74) is 12.1. The number of thiophene rings is 1. The molecule has 0 bridgehead atoms. The number of hydrogen-bond acceptors (Lipinski definition) is 4. The van der Waals surface area contributed by atoms with Crippen molar-refractivity contribution in [2.75, 3.05) is 0 Å². The lowest BCUT2D eigenvalue weighted by atomic mass is 10.0. The third-order valence-corrected chi connectivity index (χ3v) is 13.6. The third kappa shape index (κ3) is 5.66. The van der Waals surface area contributed by atoms with Crippen molar-refractivity contribution in [1.29, 1.82) is 0 Å². The largest absolute Gasteiger partial charge is 0.309 e. The van der Waals surface area contributed by atoms with Crippen molar-refractivity contribution >= 4 is 75.1 Å². The van der Waals surface area contributed by atoms with Crippen molar-refractivity contribution in [3.8, 4) is 56.7 Å². The van der Waals surface area contributed by atoms with Crippen LogP contribution >= 0.6 is 11.3 Å². The molecule has 0 spiro atoms. The Hall–Kier alpha value is -8.19. The Balaban J connectivity index is 1.13. The van der Waals surface area contributed by atoms with E-state index in [0.717, 1.165) is 44.5 Å². The number of para-hydroxylation sites is 2. The van der Waals surface area contributed by atoms with Crippen LogP contribution in [0.4, 0.5) is 0 Å². The summed E-state index contributed by atoms with van der Waals surface area (Å²) in [7, 11) is 0. The Morgan fingerprint density at radius 2 is 0.873 bits per heavy atom. The summed E-state index contributed by atoms with van der Waals surface area (Å²) in [4.78, 5) is 15.5. The van der Waals surface area contributed by atoms with Crippen molar-refractivity contribution < 1.29 is 0 Å². The Kier molecular flexibility index (Phi) is 8.01. The van der Waals surface area contributed by atoms with Crippen LogP contribution in [0.2, 0.25) is 0 Å². The van der Waals surface area contributed by atoms with Crippen LogP contribution in [0.25, 0.3) is 120 Å². The van der Waals surface area contributed by atoms with E-state index in [1.807, 2.05) is 47.7 Å². The standard InChI is InChI=1S/C57H35N5S/c1-5-17-36(18-6-1)39-29-31-48-44(33-39)46-34-45-41-25-13-15-27-47(41)61(40-23-11-4-12-24-40)50(45)35-51(46)62(48)49-32-30-43(53-42-26-14-16-28-52(42)63-54(49)53)57-59-55(37-19-7-2-8-20-37)58-56(60-57)38-21-9-3-10-22-38/h1-35H. The predicted molar refractivity (Wildman–Crippen MR) is 263 cm³/mol. The van der Waals surface area contributed by atoms with E-state index in [2.05, 4.69) is 185 Å². The monoisotopic (exact) mass is 821 g/mol. The van der Waals surface area contributed by atoms with Gasteiger partial charge in [0.15, 0.2) is 17.5 Å². The molecule has 0 saturated heterocycles. The first-order valence-electron chi connectivity index (χ1n) is 21.2. The highest BCUT2D eigenvalue weighted by Gasteiger charge is 2.24. The molecule has 6 heteroatoms. The van der Waals surface area contributed by atoms with E-state index < -0.39 is 0 Å². The molecule has 13 aromatic rings. The summed E-state index contributed by atoms with van der Waals surface area (Å²) in [6.07, 6.45) is 0. The Labute approximate surface area is 366 Å². The van der Waals surface area contributed by atoms with Gasteiger partial charge >= 0.3 is 0 Å². The first-order valence-corrected chi connectivity index (χ1v) is 22.0. The van der Waals surface area contributed by atoms with E-state index in [4.69, 9.17) is 15.0 Å². The first-order chi connectivity index (χ1) is 31.2. The van der Waals surface area contributed by atoms with Gasteiger partial charge in [0.25, 0.3) is 0 Å². The van der Waals surface area contributed by atoms with Crippen LogP contribution in [0.15, 0.2) is 212 Å². The molecule has 0 unspecified atom stereocenters. The highest BCUT2D eigenvalue weighted by atomic mass is 32.1. The number of fused-ring (bicyclic) bond motifs is 9. The number of hydrogen-bond donors (Lipinski definition) is 0. The molecule has 13 rings (SSSR count). The minimum atomic E-state index is 0.644. The molecule has 63 heavy (non-hydrogen) atoms. The van der Waals surface area contributed by atoms with Crippen LogP contribution in [-0.2, 0) is 0 Å². The molecule has 0 aliphatic rings. The van der Waals surface area contributed by atoms with Crippen molar-refractivity contribution in [2.45, 2.75) is 0 Å². The van der Waals surface area contributed by atoms with Crippen LogP contribution in [0.1, 0.15) is 0 Å². The van der Waals surface area contributed by atoms with Crippen molar-refractivity contribution in [3.05, 3.63) is 212 Å². The molecular weight excluding hydrogens is 787 g/mol. The van der Waals surface area contributed by atoms with Gasteiger partial charge in [0.1, 0.15) is 0 Å². The van der Waals surface area contributed by atoms with Crippen LogP contribution in [-0.4, -0.2) is 24.1 Å².